The van der Waals surface area contributed by atoms with Gasteiger partial charge in [0, 0.05) is 5.69 Å². The molecule has 3 N–H and O–H groups in total. The van der Waals surface area contributed by atoms with Crippen molar-refractivity contribution in [3.8, 4) is 0 Å². The molecule has 1 saturated carbocycles. The maximum atomic E-state index is 12.3. The van der Waals surface area contributed by atoms with Crippen LogP contribution in [0.15, 0.2) is 18.2 Å². The quantitative estimate of drug-likeness (QED) is 0.872. The minimum Gasteiger partial charge on any atom is -0.324 e. The average molecular weight is 301 g/mol. The van der Waals surface area contributed by atoms with Gasteiger partial charge in [0.05, 0.1) is 15.6 Å². The van der Waals surface area contributed by atoms with Gasteiger partial charge in [-0.15, -0.1) is 0 Å². The Balaban J connectivity index is 2.09. The van der Waals surface area contributed by atoms with E-state index in [1.165, 1.54) is 0 Å². The van der Waals surface area contributed by atoms with E-state index in [1.807, 2.05) is 0 Å². The van der Waals surface area contributed by atoms with Gasteiger partial charge in [0.25, 0.3) is 0 Å². The van der Waals surface area contributed by atoms with Crippen molar-refractivity contribution in [1.82, 2.24) is 0 Å². The maximum absolute atomic E-state index is 12.3. The van der Waals surface area contributed by atoms with Crippen LogP contribution in [0.25, 0.3) is 0 Å². The van der Waals surface area contributed by atoms with Gasteiger partial charge in [-0.25, -0.2) is 0 Å². The molecule has 19 heavy (non-hydrogen) atoms. The van der Waals surface area contributed by atoms with Crippen molar-refractivity contribution >= 4 is 34.8 Å². The molecule has 0 radical (unpaired) electrons. The molecule has 2 rings (SSSR count). The molecule has 0 heterocycles. The van der Waals surface area contributed by atoms with E-state index < -0.39 is 5.54 Å². The van der Waals surface area contributed by atoms with E-state index in [4.69, 9.17) is 28.9 Å². The summed E-state index contributed by atoms with van der Waals surface area (Å²) < 4.78 is 0. The highest BCUT2D eigenvalue weighted by molar-refractivity contribution is 6.42. The topological polar surface area (TPSA) is 55.1 Å². The standard InChI is InChI=1S/C14H18Cl2N2O/c1-9-3-2-6-14(17,8-9)13(19)18-10-4-5-11(15)12(16)7-10/h4-5,7,9H,2-3,6,8,17H2,1H3,(H,18,19). The molecule has 0 aromatic heterocycles. The van der Waals surface area contributed by atoms with Crippen molar-refractivity contribution in [3.05, 3.63) is 28.2 Å². The molecule has 104 valence electrons. The number of nitrogens with one attached hydrogen (secondary N) is 1. The zero-order chi connectivity index (χ0) is 14.0. The van der Waals surface area contributed by atoms with Crippen LogP contribution in [-0.4, -0.2) is 11.4 Å². The summed E-state index contributed by atoms with van der Waals surface area (Å²) in [5.41, 5.74) is 6.09. The monoisotopic (exact) mass is 300 g/mol. The molecule has 1 aliphatic rings. The number of carbonyl (C=O) groups excluding carboxylic acids is 1. The van der Waals surface area contributed by atoms with Crippen LogP contribution in [0, 0.1) is 5.92 Å². The van der Waals surface area contributed by atoms with Gasteiger partial charge in [0.2, 0.25) is 5.91 Å². The van der Waals surface area contributed by atoms with Crippen molar-refractivity contribution in [1.29, 1.82) is 0 Å². The fraction of sp³-hybridized carbons (Fsp3) is 0.500. The van der Waals surface area contributed by atoms with Gasteiger partial charge in [-0.2, -0.15) is 0 Å². The number of halogens is 2. The minimum atomic E-state index is -0.774. The fourth-order valence-electron chi connectivity index (χ4n) is 2.63. The number of amides is 1. The van der Waals surface area contributed by atoms with E-state index in [1.54, 1.807) is 18.2 Å². The minimum absolute atomic E-state index is 0.141. The molecule has 2 unspecified atom stereocenters. The van der Waals surface area contributed by atoms with E-state index in [9.17, 15) is 4.79 Å². The Morgan fingerprint density at radius 3 is 2.79 bits per heavy atom. The third-order valence-corrected chi connectivity index (χ3v) is 4.40. The SMILES string of the molecule is CC1CCCC(N)(C(=O)Nc2ccc(Cl)c(Cl)c2)C1. The van der Waals surface area contributed by atoms with Gasteiger partial charge >= 0.3 is 0 Å². The van der Waals surface area contributed by atoms with Crippen LogP contribution in [0.3, 0.4) is 0 Å². The molecule has 1 aliphatic carbocycles. The summed E-state index contributed by atoms with van der Waals surface area (Å²) >= 11 is 11.8. The van der Waals surface area contributed by atoms with Crippen LogP contribution in [0.5, 0.6) is 0 Å². The molecule has 5 heteroatoms. The molecule has 1 fully saturated rings. The highest BCUT2D eigenvalue weighted by Gasteiger charge is 2.37. The van der Waals surface area contributed by atoms with Crippen molar-refractivity contribution in [2.24, 2.45) is 11.7 Å². The molecular formula is C14H18Cl2N2O. The summed E-state index contributed by atoms with van der Waals surface area (Å²) in [7, 11) is 0. The predicted molar refractivity (Wildman–Crippen MR) is 79.6 cm³/mol. The van der Waals surface area contributed by atoms with E-state index in [-0.39, 0.29) is 5.91 Å². The van der Waals surface area contributed by atoms with Crippen LogP contribution in [0.2, 0.25) is 10.0 Å². The van der Waals surface area contributed by atoms with Crippen LogP contribution >= 0.6 is 23.2 Å². The summed E-state index contributed by atoms with van der Waals surface area (Å²) in [6.07, 6.45) is 3.58. The largest absolute Gasteiger partial charge is 0.324 e. The highest BCUT2D eigenvalue weighted by atomic mass is 35.5. The molecule has 0 aliphatic heterocycles. The van der Waals surface area contributed by atoms with Crippen molar-refractivity contribution in [3.63, 3.8) is 0 Å². The van der Waals surface area contributed by atoms with E-state index in [0.717, 1.165) is 25.7 Å². The molecule has 0 saturated heterocycles. The molecule has 2 atom stereocenters. The van der Waals surface area contributed by atoms with Crippen LogP contribution in [-0.2, 0) is 4.79 Å². The lowest BCUT2D eigenvalue weighted by atomic mass is 9.76. The lowest BCUT2D eigenvalue weighted by Crippen LogP contribution is -2.53. The average Bonchev–Trinajstić information content (AvgIpc) is 2.33. The second kappa shape index (κ2) is 5.70. The lowest BCUT2D eigenvalue weighted by Gasteiger charge is -2.35. The maximum Gasteiger partial charge on any atom is 0.244 e. The van der Waals surface area contributed by atoms with Gasteiger partial charge in [-0.3, -0.25) is 4.79 Å². The Labute approximate surface area is 123 Å². The number of benzene rings is 1. The number of hydrogen-bond donors (Lipinski definition) is 2. The smallest absolute Gasteiger partial charge is 0.244 e. The Morgan fingerprint density at radius 2 is 2.16 bits per heavy atom. The Kier molecular flexibility index (Phi) is 4.39. The lowest BCUT2D eigenvalue weighted by molar-refractivity contribution is -0.122. The van der Waals surface area contributed by atoms with Gasteiger partial charge in [-0.1, -0.05) is 43.0 Å². The zero-order valence-electron chi connectivity index (χ0n) is 10.9. The second-order valence-corrected chi connectivity index (χ2v) is 6.26. The summed E-state index contributed by atoms with van der Waals surface area (Å²) in [5, 5.41) is 3.72. The van der Waals surface area contributed by atoms with Crippen LogP contribution in [0.4, 0.5) is 5.69 Å². The van der Waals surface area contributed by atoms with Gasteiger partial charge in [0.15, 0.2) is 0 Å². The fourth-order valence-corrected chi connectivity index (χ4v) is 2.93. The number of nitrogens with two attached hydrogens (primary N) is 1. The third kappa shape index (κ3) is 3.41. The Morgan fingerprint density at radius 1 is 1.42 bits per heavy atom. The molecule has 1 aromatic carbocycles. The van der Waals surface area contributed by atoms with Crippen molar-refractivity contribution in [2.45, 2.75) is 38.1 Å². The first-order valence-electron chi connectivity index (χ1n) is 6.46. The first-order valence-corrected chi connectivity index (χ1v) is 7.22. The molecule has 1 aromatic rings. The molecular weight excluding hydrogens is 283 g/mol. The first kappa shape index (κ1) is 14.6. The van der Waals surface area contributed by atoms with Crippen LogP contribution in [0.1, 0.15) is 32.6 Å². The summed E-state index contributed by atoms with van der Waals surface area (Å²) in [6.45, 7) is 2.13. The van der Waals surface area contributed by atoms with Crippen molar-refractivity contribution in [2.75, 3.05) is 5.32 Å². The number of rotatable bonds is 2. The molecule has 0 bridgehead atoms. The third-order valence-electron chi connectivity index (χ3n) is 3.66. The number of anilines is 1. The summed E-state index contributed by atoms with van der Waals surface area (Å²) in [5.74, 6) is 0.343. The van der Waals surface area contributed by atoms with Gasteiger partial charge in [0.1, 0.15) is 0 Å². The second-order valence-electron chi connectivity index (χ2n) is 5.44. The summed E-state index contributed by atoms with van der Waals surface area (Å²) in [4.78, 5) is 12.3. The van der Waals surface area contributed by atoms with E-state index in [2.05, 4.69) is 12.2 Å². The number of carbonyl (C=O) groups is 1. The highest BCUT2D eigenvalue weighted by Crippen LogP contribution is 2.32. The molecule has 1 amide bonds. The summed E-state index contributed by atoms with van der Waals surface area (Å²) in [6, 6.07) is 5.02. The van der Waals surface area contributed by atoms with Gasteiger partial charge < -0.3 is 11.1 Å². The molecule has 3 nitrogen and oxygen atoms in total. The normalized spacial score (nSPS) is 27.1. The Hall–Kier alpha value is -0.770. The van der Waals surface area contributed by atoms with E-state index in [0.29, 0.717) is 21.7 Å². The Bertz CT molecular complexity index is 492. The number of hydrogen-bond acceptors (Lipinski definition) is 2. The van der Waals surface area contributed by atoms with Crippen LogP contribution < -0.4 is 11.1 Å². The predicted octanol–water partition coefficient (Wildman–Crippen LogP) is 3.84. The zero-order valence-corrected chi connectivity index (χ0v) is 12.4. The van der Waals surface area contributed by atoms with E-state index >= 15 is 0 Å². The van der Waals surface area contributed by atoms with Crippen molar-refractivity contribution < 1.29 is 4.79 Å². The van der Waals surface area contributed by atoms with Gasteiger partial charge in [-0.05, 0) is 37.0 Å². The molecule has 0 spiro atoms. The first-order chi connectivity index (χ1) is 8.90.